The molecule has 2 nitrogen and oxygen atoms in total. The summed E-state index contributed by atoms with van der Waals surface area (Å²) in [4.78, 5) is 11.6. The lowest BCUT2D eigenvalue weighted by Crippen LogP contribution is -2.46. The Balaban J connectivity index is 1.55. The quantitative estimate of drug-likeness (QED) is 0.758. The molecule has 4 aliphatic rings. The minimum absolute atomic E-state index is 0.282. The molecule has 5 rings (SSSR count). The number of carbonyl (C=O) groups is 1. The molecule has 2 heteroatoms. The molecule has 3 saturated carbocycles. The van der Waals surface area contributed by atoms with E-state index in [1.165, 1.54) is 50.4 Å². The van der Waals surface area contributed by atoms with Crippen molar-refractivity contribution in [1.82, 2.24) is 0 Å². The standard InChI is InChI=1S/C21H26O2/c1-20-8-7-18-17-5-4-16(23-2)9-13(17)3-6-19(18)21(20)11-14(21)10-15(20)12-22/h4-5,9,12,14-15,18-19H,3,6-8,10-11H2,1-2H3/t14-,15+,18-,19-,20-,21-/m1/s1. The number of hydrogen-bond donors (Lipinski definition) is 0. The molecule has 4 aliphatic carbocycles. The Morgan fingerprint density at radius 2 is 2.17 bits per heavy atom. The molecule has 1 aromatic rings. The van der Waals surface area contributed by atoms with Crippen molar-refractivity contribution in [2.75, 3.05) is 7.11 Å². The Bertz CT molecular complexity index is 680. The molecular weight excluding hydrogens is 284 g/mol. The Morgan fingerprint density at radius 3 is 2.96 bits per heavy atom. The van der Waals surface area contributed by atoms with Crippen LogP contribution in [0.4, 0.5) is 0 Å². The maximum absolute atomic E-state index is 11.6. The van der Waals surface area contributed by atoms with Gasteiger partial charge in [0, 0.05) is 5.92 Å². The highest BCUT2D eigenvalue weighted by atomic mass is 16.5. The predicted octanol–water partition coefficient (Wildman–Crippen LogP) is 4.37. The number of benzene rings is 1. The van der Waals surface area contributed by atoms with Gasteiger partial charge in [-0.1, -0.05) is 13.0 Å². The fraction of sp³-hybridized carbons (Fsp3) is 0.667. The number of rotatable bonds is 2. The van der Waals surface area contributed by atoms with Crippen LogP contribution in [0.5, 0.6) is 5.75 Å². The highest BCUT2D eigenvalue weighted by Crippen LogP contribution is 2.82. The molecular formula is C21H26O2. The summed E-state index contributed by atoms with van der Waals surface area (Å²) in [5.41, 5.74) is 3.86. The molecule has 0 N–H and O–H groups in total. The number of fused-ring (bicyclic) bond motifs is 3. The third-order valence-electron chi connectivity index (χ3n) is 8.33. The lowest BCUT2D eigenvalue weighted by atomic mass is 9.51. The summed E-state index contributed by atoms with van der Waals surface area (Å²) < 4.78 is 5.42. The van der Waals surface area contributed by atoms with Gasteiger partial charge in [-0.15, -0.1) is 0 Å². The van der Waals surface area contributed by atoms with Gasteiger partial charge in [0.15, 0.2) is 0 Å². The normalized spacial score (nSPS) is 46.2. The molecule has 1 spiro atoms. The second-order valence-corrected chi connectivity index (χ2v) is 8.69. The summed E-state index contributed by atoms with van der Waals surface area (Å²) in [7, 11) is 1.76. The zero-order valence-corrected chi connectivity index (χ0v) is 14.2. The molecule has 3 fully saturated rings. The van der Waals surface area contributed by atoms with Crippen molar-refractivity contribution >= 4 is 6.29 Å². The molecule has 0 radical (unpaired) electrons. The highest BCUT2D eigenvalue weighted by molar-refractivity contribution is 5.58. The largest absolute Gasteiger partial charge is 0.497 e. The summed E-state index contributed by atoms with van der Waals surface area (Å²) in [5.74, 6) is 3.66. The number of ether oxygens (including phenoxy) is 1. The average Bonchev–Trinajstić information content (AvgIpc) is 3.24. The van der Waals surface area contributed by atoms with E-state index in [0.29, 0.717) is 17.3 Å². The fourth-order valence-corrected chi connectivity index (χ4v) is 7.20. The van der Waals surface area contributed by atoms with Crippen molar-refractivity contribution < 1.29 is 9.53 Å². The molecule has 0 unspecified atom stereocenters. The minimum atomic E-state index is 0.282. The van der Waals surface area contributed by atoms with E-state index in [9.17, 15) is 4.79 Å². The maximum atomic E-state index is 11.6. The van der Waals surface area contributed by atoms with Crippen molar-refractivity contribution in [3.63, 3.8) is 0 Å². The summed E-state index contributed by atoms with van der Waals surface area (Å²) in [6.07, 6.45) is 8.83. The van der Waals surface area contributed by atoms with Crippen molar-refractivity contribution in [3.05, 3.63) is 29.3 Å². The van der Waals surface area contributed by atoms with Crippen LogP contribution in [0.25, 0.3) is 0 Å². The van der Waals surface area contributed by atoms with Gasteiger partial charge in [0.2, 0.25) is 0 Å². The van der Waals surface area contributed by atoms with Crippen LogP contribution in [0, 0.1) is 28.6 Å². The number of aldehydes is 1. The Morgan fingerprint density at radius 1 is 1.30 bits per heavy atom. The summed E-state index contributed by atoms with van der Waals surface area (Å²) in [5, 5.41) is 0. The van der Waals surface area contributed by atoms with Crippen LogP contribution in [0.2, 0.25) is 0 Å². The zero-order valence-electron chi connectivity index (χ0n) is 14.2. The molecule has 0 saturated heterocycles. The first-order valence-electron chi connectivity index (χ1n) is 9.26. The van der Waals surface area contributed by atoms with Gasteiger partial charge in [-0.2, -0.15) is 0 Å². The Kier molecular flexibility index (Phi) is 2.69. The first kappa shape index (κ1) is 14.1. The van der Waals surface area contributed by atoms with Crippen LogP contribution < -0.4 is 4.74 Å². The Hall–Kier alpha value is -1.31. The number of carbonyl (C=O) groups excluding carboxylic acids is 1. The van der Waals surface area contributed by atoms with E-state index in [4.69, 9.17) is 4.74 Å². The zero-order chi connectivity index (χ0) is 15.8. The smallest absolute Gasteiger partial charge is 0.123 e. The SMILES string of the molecule is COc1ccc2c(c1)CC[C@@H]1[C@@H]2CC[C@]2(C)[C@H](C=O)C[C@@H]3C[C@@]312. The van der Waals surface area contributed by atoms with Gasteiger partial charge >= 0.3 is 0 Å². The lowest BCUT2D eigenvalue weighted by Gasteiger charge is -2.53. The molecule has 0 aromatic heterocycles. The molecule has 0 aliphatic heterocycles. The van der Waals surface area contributed by atoms with Crippen molar-refractivity contribution in [2.45, 2.75) is 51.4 Å². The number of methoxy groups -OCH3 is 1. The van der Waals surface area contributed by atoms with Gasteiger partial charge in [0.1, 0.15) is 12.0 Å². The summed E-state index contributed by atoms with van der Waals surface area (Å²) >= 11 is 0. The molecule has 0 amide bonds. The van der Waals surface area contributed by atoms with E-state index in [1.807, 2.05) is 0 Å². The van der Waals surface area contributed by atoms with Crippen molar-refractivity contribution in [1.29, 1.82) is 0 Å². The highest BCUT2D eigenvalue weighted by Gasteiger charge is 2.76. The van der Waals surface area contributed by atoms with E-state index in [-0.39, 0.29) is 5.41 Å². The van der Waals surface area contributed by atoms with Crippen LogP contribution >= 0.6 is 0 Å². The molecule has 1 aromatic carbocycles. The molecule has 0 bridgehead atoms. The van der Waals surface area contributed by atoms with Gasteiger partial charge in [-0.25, -0.2) is 0 Å². The van der Waals surface area contributed by atoms with Crippen LogP contribution in [0.15, 0.2) is 18.2 Å². The number of hydrogen-bond acceptors (Lipinski definition) is 2. The van der Waals surface area contributed by atoms with Gasteiger partial charge in [-0.05, 0) is 90.4 Å². The third-order valence-corrected chi connectivity index (χ3v) is 8.33. The van der Waals surface area contributed by atoms with Gasteiger partial charge < -0.3 is 9.53 Å². The predicted molar refractivity (Wildman–Crippen MR) is 89.6 cm³/mol. The van der Waals surface area contributed by atoms with E-state index in [2.05, 4.69) is 25.1 Å². The second-order valence-electron chi connectivity index (χ2n) is 8.69. The van der Waals surface area contributed by atoms with E-state index < -0.39 is 0 Å². The topological polar surface area (TPSA) is 26.3 Å². The van der Waals surface area contributed by atoms with Gasteiger partial charge in [0.25, 0.3) is 0 Å². The molecule has 23 heavy (non-hydrogen) atoms. The molecule has 0 heterocycles. The van der Waals surface area contributed by atoms with E-state index in [1.54, 1.807) is 12.7 Å². The van der Waals surface area contributed by atoms with E-state index >= 15 is 0 Å². The fourth-order valence-electron chi connectivity index (χ4n) is 7.20. The minimum Gasteiger partial charge on any atom is -0.497 e. The van der Waals surface area contributed by atoms with Gasteiger partial charge in [-0.3, -0.25) is 0 Å². The summed E-state index contributed by atoms with van der Waals surface area (Å²) in [6, 6.07) is 6.72. The first-order chi connectivity index (χ1) is 11.1. The van der Waals surface area contributed by atoms with Crippen LogP contribution in [-0.2, 0) is 11.2 Å². The summed E-state index contributed by atoms with van der Waals surface area (Å²) in [6.45, 7) is 2.44. The van der Waals surface area contributed by atoms with Crippen LogP contribution in [0.3, 0.4) is 0 Å². The van der Waals surface area contributed by atoms with Crippen molar-refractivity contribution in [3.8, 4) is 5.75 Å². The van der Waals surface area contributed by atoms with Gasteiger partial charge in [0.05, 0.1) is 7.11 Å². The number of aryl methyl sites for hydroxylation is 1. The first-order valence-corrected chi connectivity index (χ1v) is 9.26. The van der Waals surface area contributed by atoms with Crippen molar-refractivity contribution in [2.24, 2.45) is 28.6 Å². The molecule has 122 valence electrons. The average molecular weight is 310 g/mol. The maximum Gasteiger partial charge on any atom is 0.123 e. The third kappa shape index (κ3) is 1.53. The van der Waals surface area contributed by atoms with E-state index in [0.717, 1.165) is 17.6 Å². The monoisotopic (exact) mass is 310 g/mol. The Labute approximate surface area is 138 Å². The molecule has 6 atom stereocenters. The van der Waals surface area contributed by atoms with Crippen LogP contribution in [0.1, 0.15) is 56.1 Å². The lowest BCUT2D eigenvalue weighted by molar-refractivity contribution is -0.118. The van der Waals surface area contributed by atoms with Crippen LogP contribution in [-0.4, -0.2) is 13.4 Å². The second kappa shape index (κ2) is 4.40.